The van der Waals surface area contributed by atoms with Crippen molar-refractivity contribution in [1.82, 2.24) is 9.03 Å². The van der Waals surface area contributed by atoms with Crippen LogP contribution in [0.15, 0.2) is 34.8 Å². The van der Waals surface area contributed by atoms with Crippen LogP contribution in [0.5, 0.6) is 0 Å². The Hall–Kier alpha value is -1.41. The second-order valence-electron chi connectivity index (χ2n) is 3.52. The van der Waals surface area contributed by atoms with E-state index in [0.29, 0.717) is 10.2 Å². The quantitative estimate of drug-likeness (QED) is 0.710. The average molecular weight is 320 g/mol. The lowest BCUT2D eigenvalue weighted by atomic mass is 10.2. The summed E-state index contributed by atoms with van der Waals surface area (Å²) in [6.07, 6.45) is 1.12. The lowest BCUT2D eigenvalue weighted by molar-refractivity contribution is 0.390. The first-order valence-electron chi connectivity index (χ1n) is 4.63. The molecule has 2 rings (SSSR count). The lowest BCUT2D eigenvalue weighted by Gasteiger charge is -2.15. The largest absolute Gasteiger partial charge is 0.493 e. The molecule has 92 valence electrons. The van der Waals surface area contributed by atoms with Gasteiger partial charge in [0, 0.05) is 10.2 Å². The number of nitrogens with zero attached hydrogens (tertiary/aromatic N) is 1. The fourth-order valence-corrected chi connectivity index (χ4v) is 2.92. The van der Waals surface area contributed by atoms with Crippen molar-refractivity contribution < 1.29 is 13.5 Å². The van der Waals surface area contributed by atoms with Crippen LogP contribution in [0, 0.1) is 0 Å². The zero-order valence-corrected chi connectivity index (χ0v) is 11.0. The number of benzene rings is 1. The number of nitrogens with two attached hydrogens (primary N) is 1. The van der Waals surface area contributed by atoms with Crippen molar-refractivity contribution in [2.75, 3.05) is 5.73 Å². The summed E-state index contributed by atoms with van der Waals surface area (Å²) in [5, 5.41) is 9.12. The Kier molecular flexibility index (Phi) is 2.92. The molecule has 0 atom stereocenters. The van der Waals surface area contributed by atoms with E-state index in [9.17, 15) is 8.42 Å². The third kappa shape index (κ3) is 2.47. The zero-order valence-electron chi connectivity index (χ0n) is 8.59. The van der Waals surface area contributed by atoms with Gasteiger partial charge in [0.15, 0.2) is 0 Å². The number of hydrogen-bond donors (Lipinski definition) is 3. The van der Waals surface area contributed by atoms with Gasteiger partial charge in [0.25, 0.3) is 0 Å². The average Bonchev–Trinajstić information content (AvgIpc) is 2.44. The van der Waals surface area contributed by atoms with Crippen LogP contribution in [-0.4, -0.2) is 17.8 Å². The van der Waals surface area contributed by atoms with Crippen molar-refractivity contribution in [3.05, 3.63) is 40.3 Å². The first-order valence-corrected chi connectivity index (χ1v) is 6.86. The van der Waals surface area contributed by atoms with Gasteiger partial charge in [-0.05, 0) is 17.7 Å². The van der Waals surface area contributed by atoms with E-state index in [-0.39, 0.29) is 6.54 Å². The van der Waals surface area contributed by atoms with Gasteiger partial charge in [0.2, 0.25) is 5.88 Å². The Morgan fingerprint density at radius 3 is 2.71 bits per heavy atom. The van der Waals surface area contributed by atoms with E-state index in [2.05, 4.69) is 15.9 Å². The first kappa shape index (κ1) is 12.1. The molecule has 17 heavy (non-hydrogen) atoms. The second-order valence-corrected chi connectivity index (χ2v) is 6.00. The highest BCUT2D eigenvalue weighted by Crippen LogP contribution is 2.23. The van der Waals surface area contributed by atoms with Crippen molar-refractivity contribution in [1.29, 1.82) is 0 Å². The molecule has 0 aromatic heterocycles. The van der Waals surface area contributed by atoms with E-state index in [1.54, 1.807) is 18.2 Å². The van der Waals surface area contributed by atoms with Crippen molar-refractivity contribution >= 4 is 31.8 Å². The summed E-state index contributed by atoms with van der Waals surface area (Å²) in [4.78, 5) is 0. The van der Waals surface area contributed by atoms with Gasteiger partial charge in [-0.25, -0.2) is 4.72 Å². The van der Waals surface area contributed by atoms with Gasteiger partial charge < -0.3 is 10.8 Å². The van der Waals surface area contributed by atoms with Gasteiger partial charge in [-0.15, -0.1) is 0 Å². The molecule has 1 aliphatic rings. The fourth-order valence-electron chi connectivity index (χ4n) is 1.41. The van der Waals surface area contributed by atoms with Crippen LogP contribution in [0.2, 0.25) is 0 Å². The normalized spacial score (nSPS) is 17.7. The summed E-state index contributed by atoms with van der Waals surface area (Å²) in [5.74, 6) is -0.392. The molecule has 0 spiro atoms. The molecule has 0 unspecified atom stereocenters. The minimum atomic E-state index is -3.67. The Bertz CT molecular complexity index is 585. The molecule has 4 N–H and O–H groups in total. The number of hydrogen-bond acceptors (Lipinski definition) is 4. The molecule has 1 aromatic rings. The second kappa shape index (κ2) is 4.11. The lowest BCUT2D eigenvalue weighted by Crippen LogP contribution is -2.29. The molecular formula is C9H10BrN3O3S. The summed E-state index contributed by atoms with van der Waals surface area (Å²) < 4.78 is 26.7. The summed E-state index contributed by atoms with van der Waals surface area (Å²) in [5.41, 5.74) is 6.92. The van der Waals surface area contributed by atoms with Gasteiger partial charge in [-0.1, -0.05) is 22.0 Å². The van der Waals surface area contributed by atoms with Gasteiger partial charge in [0.05, 0.1) is 12.7 Å². The van der Waals surface area contributed by atoms with E-state index in [0.717, 1.165) is 16.1 Å². The predicted molar refractivity (Wildman–Crippen MR) is 66.9 cm³/mol. The Morgan fingerprint density at radius 2 is 2.18 bits per heavy atom. The van der Waals surface area contributed by atoms with Crippen molar-refractivity contribution in [2.24, 2.45) is 0 Å². The first-order chi connectivity index (χ1) is 7.88. The van der Waals surface area contributed by atoms with E-state index in [1.807, 2.05) is 4.72 Å². The van der Waals surface area contributed by atoms with Gasteiger partial charge in [-0.3, -0.25) is 4.31 Å². The Morgan fingerprint density at radius 1 is 1.47 bits per heavy atom. The number of anilines is 1. The molecule has 0 saturated carbocycles. The third-order valence-corrected chi connectivity index (χ3v) is 4.27. The summed E-state index contributed by atoms with van der Waals surface area (Å²) in [7, 11) is -3.67. The molecule has 6 nitrogen and oxygen atoms in total. The van der Waals surface area contributed by atoms with Crippen LogP contribution in [0.3, 0.4) is 0 Å². The molecule has 0 saturated heterocycles. The molecule has 1 aliphatic heterocycles. The maximum Gasteiger partial charge on any atom is 0.326 e. The van der Waals surface area contributed by atoms with Crippen LogP contribution in [0.4, 0.5) is 5.69 Å². The predicted octanol–water partition coefficient (Wildman–Crippen LogP) is 1.04. The molecular weight excluding hydrogens is 310 g/mol. The van der Waals surface area contributed by atoms with Crippen molar-refractivity contribution in [3.8, 4) is 0 Å². The molecule has 0 fully saturated rings. The number of nitrogens with one attached hydrogen (secondary N) is 1. The fraction of sp³-hybridized carbons (Fsp3) is 0.111. The van der Waals surface area contributed by atoms with E-state index >= 15 is 0 Å². The van der Waals surface area contributed by atoms with E-state index in [1.165, 1.54) is 0 Å². The van der Waals surface area contributed by atoms with Crippen LogP contribution in [-0.2, 0) is 16.8 Å². The number of rotatable bonds is 2. The third-order valence-electron chi connectivity index (χ3n) is 2.21. The van der Waals surface area contributed by atoms with Crippen molar-refractivity contribution in [2.45, 2.75) is 6.54 Å². The summed E-state index contributed by atoms with van der Waals surface area (Å²) >= 11 is 3.30. The minimum Gasteiger partial charge on any atom is -0.493 e. The number of aliphatic hydroxyl groups is 1. The smallest absolute Gasteiger partial charge is 0.326 e. The maximum atomic E-state index is 11.5. The Balaban J connectivity index is 2.27. The van der Waals surface area contributed by atoms with Gasteiger partial charge >= 0.3 is 10.2 Å². The van der Waals surface area contributed by atoms with E-state index < -0.39 is 16.1 Å². The van der Waals surface area contributed by atoms with Crippen LogP contribution < -0.4 is 10.5 Å². The molecule has 8 heteroatoms. The standard InChI is InChI=1S/C9H10BrN3O3S/c10-8-3-7(11)2-1-6(8)4-13-5-9(14)12-17(13,15)16/h1-3,5,12,14H,4,11H2. The summed E-state index contributed by atoms with van der Waals surface area (Å²) in [6.45, 7) is 0.111. The summed E-state index contributed by atoms with van der Waals surface area (Å²) in [6, 6.07) is 5.09. The molecule has 0 amide bonds. The maximum absolute atomic E-state index is 11.5. The van der Waals surface area contributed by atoms with Crippen LogP contribution >= 0.6 is 15.9 Å². The van der Waals surface area contributed by atoms with Gasteiger partial charge in [0.1, 0.15) is 0 Å². The molecule has 0 radical (unpaired) electrons. The van der Waals surface area contributed by atoms with E-state index in [4.69, 9.17) is 10.8 Å². The highest BCUT2D eigenvalue weighted by molar-refractivity contribution is 9.10. The van der Waals surface area contributed by atoms with Crippen LogP contribution in [0.1, 0.15) is 5.56 Å². The number of halogens is 1. The highest BCUT2D eigenvalue weighted by Gasteiger charge is 2.27. The topological polar surface area (TPSA) is 95.7 Å². The van der Waals surface area contributed by atoms with Crippen LogP contribution in [0.25, 0.3) is 0 Å². The molecule has 0 bridgehead atoms. The Labute approximate surface area is 107 Å². The number of aliphatic hydroxyl groups excluding tert-OH is 1. The zero-order chi connectivity index (χ0) is 12.6. The van der Waals surface area contributed by atoms with Crippen molar-refractivity contribution in [3.63, 3.8) is 0 Å². The monoisotopic (exact) mass is 319 g/mol. The minimum absolute atomic E-state index is 0.111. The molecule has 1 aromatic carbocycles. The molecule has 0 aliphatic carbocycles. The highest BCUT2D eigenvalue weighted by atomic mass is 79.9. The number of nitrogen functional groups attached to an aromatic ring is 1. The SMILES string of the molecule is Nc1ccc(CN2C=C(O)NS2(=O)=O)c(Br)c1. The molecule has 1 heterocycles. The van der Waals surface area contributed by atoms with Gasteiger partial charge in [-0.2, -0.15) is 8.42 Å².